The second-order valence-corrected chi connectivity index (χ2v) is 8.14. The van der Waals surface area contributed by atoms with Gasteiger partial charge in [-0.25, -0.2) is 13.1 Å². The maximum absolute atomic E-state index is 12.2. The van der Waals surface area contributed by atoms with E-state index >= 15 is 0 Å². The Morgan fingerprint density at radius 1 is 1.28 bits per heavy atom. The van der Waals surface area contributed by atoms with E-state index in [1.807, 2.05) is 20.8 Å². The van der Waals surface area contributed by atoms with Gasteiger partial charge in [0.05, 0.1) is 17.0 Å². The first-order chi connectivity index (χ1) is 11.7. The number of ether oxygens (including phenoxy) is 1. The van der Waals surface area contributed by atoms with Crippen LogP contribution in [0.25, 0.3) is 0 Å². The normalized spacial score (nSPS) is 12.9. The van der Waals surface area contributed by atoms with Crippen molar-refractivity contribution in [3.8, 4) is 0 Å². The van der Waals surface area contributed by atoms with Crippen LogP contribution in [0, 0.1) is 0 Å². The SMILES string of the molecule is CCNC(=NCC(C)(C)OC)NCCNS(=O)(=O)c1cccc(Cl)c1. The average Bonchev–Trinajstić information content (AvgIpc) is 2.56. The molecule has 0 radical (unpaired) electrons. The smallest absolute Gasteiger partial charge is 0.240 e. The summed E-state index contributed by atoms with van der Waals surface area (Å²) in [6.07, 6.45) is 0. The van der Waals surface area contributed by atoms with Gasteiger partial charge in [-0.05, 0) is 39.0 Å². The number of sulfonamides is 1. The molecule has 0 saturated carbocycles. The topological polar surface area (TPSA) is 91.8 Å². The summed E-state index contributed by atoms with van der Waals surface area (Å²) < 4.78 is 32.2. The number of guanidine groups is 1. The fourth-order valence-corrected chi connectivity index (χ4v) is 3.09. The van der Waals surface area contributed by atoms with Crippen molar-refractivity contribution in [2.45, 2.75) is 31.3 Å². The lowest BCUT2D eigenvalue weighted by Gasteiger charge is -2.21. The van der Waals surface area contributed by atoms with E-state index in [4.69, 9.17) is 16.3 Å². The molecule has 0 saturated heterocycles. The minimum atomic E-state index is -3.59. The molecule has 9 heteroatoms. The maximum Gasteiger partial charge on any atom is 0.240 e. The predicted octanol–water partition coefficient (Wildman–Crippen LogP) is 1.60. The van der Waals surface area contributed by atoms with Crippen molar-refractivity contribution < 1.29 is 13.2 Å². The molecule has 0 atom stereocenters. The Kier molecular flexibility index (Phi) is 8.64. The fraction of sp³-hybridized carbons (Fsp3) is 0.562. The summed E-state index contributed by atoms with van der Waals surface area (Å²) >= 11 is 5.83. The van der Waals surface area contributed by atoms with Gasteiger partial charge in [0.2, 0.25) is 10.0 Å². The van der Waals surface area contributed by atoms with E-state index in [1.165, 1.54) is 12.1 Å². The second kappa shape index (κ2) is 9.96. The summed E-state index contributed by atoms with van der Waals surface area (Å²) in [5, 5.41) is 6.57. The number of rotatable bonds is 9. The third-order valence-electron chi connectivity index (χ3n) is 3.33. The highest BCUT2D eigenvalue weighted by molar-refractivity contribution is 7.89. The van der Waals surface area contributed by atoms with Gasteiger partial charge in [-0.1, -0.05) is 17.7 Å². The molecule has 0 heterocycles. The Morgan fingerprint density at radius 2 is 2.00 bits per heavy atom. The molecule has 7 nitrogen and oxygen atoms in total. The van der Waals surface area contributed by atoms with Crippen LogP contribution in [0.1, 0.15) is 20.8 Å². The number of hydrogen-bond acceptors (Lipinski definition) is 4. The largest absolute Gasteiger partial charge is 0.377 e. The van der Waals surface area contributed by atoms with Crippen LogP contribution in [0.4, 0.5) is 0 Å². The minimum Gasteiger partial charge on any atom is -0.377 e. The third-order valence-corrected chi connectivity index (χ3v) is 5.02. The lowest BCUT2D eigenvalue weighted by Crippen LogP contribution is -2.42. The summed E-state index contributed by atoms with van der Waals surface area (Å²) in [5.41, 5.74) is -0.365. The molecule has 3 N–H and O–H groups in total. The van der Waals surface area contributed by atoms with Gasteiger partial charge < -0.3 is 15.4 Å². The lowest BCUT2D eigenvalue weighted by molar-refractivity contribution is 0.0310. The summed E-state index contributed by atoms with van der Waals surface area (Å²) in [6, 6.07) is 6.14. The first kappa shape index (κ1) is 21.7. The Hall–Kier alpha value is -1.35. The van der Waals surface area contributed by atoms with Crippen LogP contribution >= 0.6 is 11.6 Å². The van der Waals surface area contributed by atoms with Gasteiger partial charge in [-0.15, -0.1) is 0 Å². The Morgan fingerprint density at radius 3 is 2.60 bits per heavy atom. The molecule has 0 aromatic heterocycles. The highest BCUT2D eigenvalue weighted by Gasteiger charge is 2.16. The van der Waals surface area contributed by atoms with E-state index in [0.717, 1.165) is 0 Å². The van der Waals surface area contributed by atoms with Gasteiger partial charge in [0.15, 0.2) is 5.96 Å². The molecular formula is C16H27ClN4O3S. The molecule has 0 amide bonds. The number of hydrogen-bond donors (Lipinski definition) is 3. The van der Waals surface area contributed by atoms with Crippen molar-refractivity contribution in [1.29, 1.82) is 0 Å². The van der Waals surface area contributed by atoms with Gasteiger partial charge in [0.25, 0.3) is 0 Å². The molecule has 142 valence electrons. The van der Waals surface area contributed by atoms with E-state index in [0.29, 0.717) is 30.6 Å². The van der Waals surface area contributed by atoms with Crippen molar-refractivity contribution >= 4 is 27.6 Å². The molecule has 0 aliphatic carbocycles. The molecule has 0 fully saturated rings. The summed E-state index contributed by atoms with van der Waals surface area (Å²) in [5.74, 6) is 0.606. The van der Waals surface area contributed by atoms with Crippen LogP contribution in [0.2, 0.25) is 5.02 Å². The molecule has 0 aliphatic heterocycles. The monoisotopic (exact) mass is 390 g/mol. The van der Waals surface area contributed by atoms with Crippen molar-refractivity contribution in [3.63, 3.8) is 0 Å². The molecule has 0 aliphatic rings. The predicted molar refractivity (Wildman–Crippen MR) is 102 cm³/mol. The Balaban J connectivity index is 2.55. The first-order valence-corrected chi connectivity index (χ1v) is 9.89. The van der Waals surface area contributed by atoms with Crippen LogP contribution in [-0.4, -0.2) is 53.3 Å². The molecule has 1 aromatic rings. The van der Waals surface area contributed by atoms with Crippen LogP contribution in [0.15, 0.2) is 34.2 Å². The first-order valence-electron chi connectivity index (χ1n) is 8.03. The lowest BCUT2D eigenvalue weighted by atomic mass is 10.1. The van der Waals surface area contributed by atoms with E-state index < -0.39 is 10.0 Å². The zero-order valence-corrected chi connectivity index (χ0v) is 16.7. The van der Waals surface area contributed by atoms with Crippen LogP contribution < -0.4 is 15.4 Å². The highest BCUT2D eigenvalue weighted by Crippen LogP contribution is 2.14. The average molecular weight is 391 g/mol. The zero-order chi connectivity index (χ0) is 18.9. The van der Waals surface area contributed by atoms with Crippen molar-refractivity contribution in [2.24, 2.45) is 4.99 Å². The van der Waals surface area contributed by atoms with Gasteiger partial charge in [-0.3, -0.25) is 4.99 Å². The van der Waals surface area contributed by atoms with Gasteiger partial charge in [0.1, 0.15) is 0 Å². The molecule has 1 aromatic carbocycles. The van der Waals surface area contributed by atoms with Crippen LogP contribution in [0.5, 0.6) is 0 Å². The third kappa shape index (κ3) is 8.04. The molecule has 0 bridgehead atoms. The molecular weight excluding hydrogens is 364 g/mol. The summed E-state index contributed by atoms with van der Waals surface area (Å²) in [7, 11) is -1.95. The van der Waals surface area contributed by atoms with Crippen LogP contribution in [0.3, 0.4) is 0 Å². The van der Waals surface area contributed by atoms with E-state index in [9.17, 15) is 8.42 Å². The fourth-order valence-electron chi connectivity index (χ4n) is 1.76. The van der Waals surface area contributed by atoms with Crippen molar-refractivity contribution in [2.75, 3.05) is 33.3 Å². The summed E-state index contributed by atoms with van der Waals surface area (Å²) in [6.45, 7) is 7.63. The zero-order valence-electron chi connectivity index (χ0n) is 15.1. The highest BCUT2D eigenvalue weighted by atomic mass is 35.5. The summed E-state index contributed by atoms with van der Waals surface area (Å²) in [4.78, 5) is 4.58. The minimum absolute atomic E-state index is 0.141. The van der Waals surface area contributed by atoms with Gasteiger partial charge in [0, 0.05) is 31.8 Å². The number of benzene rings is 1. The van der Waals surface area contributed by atoms with E-state index in [-0.39, 0.29) is 17.0 Å². The number of halogens is 1. The quantitative estimate of drug-likeness (QED) is 0.338. The maximum atomic E-state index is 12.2. The molecule has 0 unspecified atom stereocenters. The molecule has 1 rings (SSSR count). The molecule has 25 heavy (non-hydrogen) atoms. The van der Waals surface area contributed by atoms with E-state index in [1.54, 1.807) is 19.2 Å². The number of nitrogens with zero attached hydrogens (tertiary/aromatic N) is 1. The Bertz CT molecular complexity index is 678. The standard InChI is InChI=1S/C16H27ClN4O3S/c1-5-18-15(20-12-16(2,3)24-4)19-9-10-21-25(22,23)14-8-6-7-13(17)11-14/h6-8,11,21H,5,9-10,12H2,1-4H3,(H2,18,19,20). The number of nitrogens with one attached hydrogen (secondary N) is 3. The number of methoxy groups -OCH3 is 1. The van der Waals surface area contributed by atoms with E-state index in [2.05, 4.69) is 20.3 Å². The number of aliphatic imine (C=N–C) groups is 1. The molecule has 0 spiro atoms. The Labute approximate surface area is 155 Å². The van der Waals surface area contributed by atoms with Gasteiger partial charge in [-0.2, -0.15) is 0 Å². The van der Waals surface area contributed by atoms with Gasteiger partial charge >= 0.3 is 0 Å². The van der Waals surface area contributed by atoms with Crippen molar-refractivity contribution in [3.05, 3.63) is 29.3 Å². The second-order valence-electron chi connectivity index (χ2n) is 5.94. The van der Waals surface area contributed by atoms with Crippen LogP contribution in [-0.2, 0) is 14.8 Å². The van der Waals surface area contributed by atoms with Crippen molar-refractivity contribution in [1.82, 2.24) is 15.4 Å².